The molecule has 3 atom stereocenters. The number of carbonyl (C=O) groups is 2. The molecule has 6 heteroatoms. The van der Waals surface area contributed by atoms with E-state index in [-0.39, 0.29) is 24.9 Å². The molecule has 0 aromatic carbocycles. The summed E-state index contributed by atoms with van der Waals surface area (Å²) in [5.74, 6) is -0.520. The van der Waals surface area contributed by atoms with Crippen molar-refractivity contribution in [2.75, 3.05) is 6.61 Å². The van der Waals surface area contributed by atoms with Crippen LogP contribution in [0.5, 0.6) is 0 Å². The number of carbonyl (C=O) groups excluding carboxylic acids is 2. The average Bonchev–Trinajstić information content (AvgIpc) is 3.13. The van der Waals surface area contributed by atoms with E-state index in [4.69, 9.17) is 4.74 Å². The van der Waals surface area contributed by atoms with Crippen molar-refractivity contribution in [3.8, 4) is 0 Å². The van der Waals surface area contributed by atoms with Crippen LogP contribution in [-0.4, -0.2) is 46.9 Å². The highest BCUT2D eigenvalue weighted by molar-refractivity contribution is 5.77. The highest BCUT2D eigenvalue weighted by Crippen LogP contribution is 2.16. The molecule has 52 heavy (non-hydrogen) atoms. The lowest BCUT2D eigenvalue weighted by Crippen LogP contribution is -2.46. The molecule has 0 bridgehead atoms. The molecular formula is C46H87NO5. The lowest BCUT2D eigenvalue weighted by molar-refractivity contribution is -0.151. The van der Waals surface area contributed by atoms with Crippen LogP contribution in [0.4, 0.5) is 0 Å². The molecule has 0 saturated carbocycles. The molecule has 3 N–H and O–H groups in total. The van der Waals surface area contributed by atoms with Crippen LogP contribution in [0, 0.1) is 0 Å². The van der Waals surface area contributed by atoms with E-state index in [1.807, 2.05) is 0 Å². The van der Waals surface area contributed by atoms with Crippen molar-refractivity contribution in [3.63, 3.8) is 0 Å². The lowest BCUT2D eigenvalue weighted by Gasteiger charge is -2.24. The minimum atomic E-state index is -0.790. The van der Waals surface area contributed by atoms with Gasteiger partial charge in [0.05, 0.1) is 25.2 Å². The first-order valence-corrected chi connectivity index (χ1v) is 22.6. The predicted octanol–water partition coefficient (Wildman–Crippen LogP) is 12.8. The summed E-state index contributed by atoms with van der Waals surface area (Å²) in [6, 6.07) is -0.706. The van der Waals surface area contributed by atoms with Crippen LogP contribution in [0.2, 0.25) is 0 Å². The molecule has 6 nitrogen and oxygen atoms in total. The van der Waals surface area contributed by atoms with Gasteiger partial charge in [-0.05, 0) is 70.6 Å². The maximum atomic E-state index is 13.1. The molecule has 0 aliphatic rings. The van der Waals surface area contributed by atoms with Gasteiger partial charge in [-0.3, -0.25) is 9.59 Å². The van der Waals surface area contributed by atoms with E-state index in [2.05, 4.69) is 50.4 Å². The third kappa shape index (κ3) is 35.4. The fraction of sp³-hybridized carbons (Fsp3) is 0.870. The van der Waals surface area contributed by atoms with Crippen LogP contribution in [0.25, 0.3) is 0 Å². The van der Waals surface area contributed by atoms with Gasteiger partial charge in [-0.15, -0.1) is 0 Å². The first-order valence-electron chi connectivity index (χ1n) is 22.6. The first kappa shape index (κ1) is 50.3. The van der Waals surface area contributed by atoms with Crippen LogP contribution in [0.15, 0.2) is 24.3 Å². The standard InChI is InChI=1S/C46H87NO5/c1-4-7-10-13-16-19-21-22-24-27-30-33-36-39-46(51)52-42(37-34-31-28-26-23-20-17-14-11-8-5-2)40-45(50)47-43(41-48)44(49)38-35-32-29-25-18-15-12-9-6-3/h22,24,26,28,42-44,48-49H,4-21,23,25,27,29-41H2,1-3H3,(H,47,50)/b24-22-,28-26-. The molecule has 1 amide bonds. The second-order valence-electron chi connectivity index (χ2n) is 15.4. The molecule has 0 saturated heterocycles. The molecule has 0 radical (unpaired) electrons. The summed E-state index contributed by atoms with van der Waals surface area (Å²) in [7, 11) is 0. The van der Waals surface area contributed by atoms with E-state index in [0.717, 1.165) is 64.2 Å². The second kappa shape index (κ2) is 40.5. The zero-order valence-electron chi connectivity index (χ0n) is 34.7. The third-order valence-corrected chi connectivity index (χ3v) is 10.3. The summed E-state index contributed by atoms with van der Waals surface area (Å²) in [6.07, 6.45) is 43.8. The minimum absolute atomic E-state index is 0.0534. The smallest absolute Gasteiger partial charge is 0.306 e. The topological polar surface area (TPSA) is 95.9 Å². The quantitative estimate of drug-likeness (QED) is 0.0331. The van der Waals surface area contributed by atoms with E-state index < -0.39 is 18.2 Å². The number of aliphatic hydroxyl groups excluding tert-OH is 2. The van der Waals surface area contributed by atoms with E-state index in [1.165, 1.54) is 122 Å². The Hall–Kier alpha value is -1.66. The number of unbranched alkanes of at least 4 members (excludes halogenated alkanes) is 24. The Bertz CT molecular complexity index is 828. The average molecular weight is 734 g/mol. The number of nitrogens with one attached hydrogen (secondary N) is 1. The molecule has 0 rings (SSSR count). The number of ether oxygens (including phenoxy) is 1. The van der Waals surface area contributed by atoms with E-state index in [9.17, 15) is 19.8 Å². The van der Waals surface area contributed by atoms with Crippen molar-refractivity contribution < 1.29 is 24.5 Å². The molecule has 0 aromatic rings. The van der Waals surface area contributed by atoms with Crippen molar-refractivity contribution >= 4 is 11.9 Å². The van der Waals surface area contributed by atoms with Gasteiger partial charge in [-0.25, -0.2) is 0 Å². The number of amides is 1. The van der Waals surface area contributed by atoms with Crippen LogP contribution in [0.3, 0.4) is 0 Å². The minimum Gasteiger partial charge on any atom is -0.462 e. The van der Waals surface area contributed by atoms with Crippen molar-refractivity contribution in [3.05, 3.63) is 24.3 Å². The second-order valence-corrected chi connectivity index (χ2v) is 15.4. The zero-order valence-corrected chi connectivity index (χ0v) is 34.7. The molecule has 306 valence electrons. The van der Waals surface area contributed by atoms with Crippen LogP contribution in [0.1, 0.15) is 233 Å². The zero-order chi connectivity index (χ0) is 38.2. The van der Waals surface area contributed by atoms with Crippen molar-refractivity contribution in [2.45, 2.75) is 251 Å². The van der Waals surface area contributed by atoms with Gasteiger partial charge < -0.3 is 20.3 Å². The summed E-state index contributed by atoms with van der Waals surface area (Å²) >= 11 is 0. The first-order chi connectivity index (χ1) is 25.5. The van der Waals surface area contributed by atoms with Crippen molar-refractivity contribution in [1.82, 2.24) is 5.32 Å². The Labute approximate surface area is 322 Å². The SMILES string of the molecule is CCCCCCCC/C=C\CCCCCC(=O)OC(CCC/C=C\CCCCCCCC)CC(=O)NC(CO)C(O)CCCCCCCCCCC. The van der Waals surface area contributed by atoms with Crippen LogP contribution < -0.4 is 5.32 Å². The Kier molecular flexibility index (Phi) is 39.2. The predicted molar refractivity (Wildman–Crippen MR) is 223 cm³/mol. The van der Waals surface area contributed by atoms with Crippen LogP contribution >= 0.6 is 0 Å². The normalized spacial score (nSPS) is 13.6. The summed E-state index contributed by atoms with van der Waals surface area (Å²) in [6.45, 7) is 6.42. The summed E-state index contributed by atoms with van der Waals surface area (Å²) in [5, 5.41) is 23.5. The molecule has 0 aromatic heterocycles. The highest BCUT2D eigenvalue weighted by Gasteiger charge is 2.24. The van der Waals surface area contributed by atoms with Gasteiger partial charge >= 0.3 is 5.97 Å². The largest absolute Gasteiger partial charge is 0.462 e. The fourth-order valence-electron chi connectivity index (χ4n) is 6.78. The lowest BCUT2D eigenvalue weighted by atomic mass is 10.0. The number of hydrogen-bond acceptors (Lipinski definition) is 5. The number of hydrogen-bond donors (Lipinski definition) is 3. The number of esters is 1. The van der Waals surface area contributed by atoms with E-state index in [1.54, 1.807) is 0 Å². The van der Waals surface area contributed by atoms with Gasteiger partial charge in [0.1, 0.15) is 6.10 Å². The molecule has 0 heterocycles. The number of rotatable bonds is 40. The summed E-state index contributed by atoms with van der Waals surface area (Å²) in [5.41, 5.74) is 0. The fourth-order valence-corrected chi connectivity index (χ4v) is 6.78. The maximum Gasteiger partial charge on any atom is 0.306 e. The maximum absolute atomic E-state index is 13.1. The van der Waals surface area contributed by atoms with E-state index >= 15 is 0 Å². The highest BCUT2D eigenvalue weighted by atomic mass is 16.5. The van der Waals surface area contributed by atoms with Crippen molar-refractivity contribution in [1.29, 1.82) is 0 Å². The number of aliphatic hydroxyl groups is 2. The Morgan fingerprint density at radius 3 is 1.40 bits per heavy atom. The van der Waals surface area contributed by atoms with Gasteiger partial charge in [0.15, 0.2) is 0 Å². The van der Waals surface area contributed by atoms with Gasteiger partial charge in [0.25, 0.3) is 0 Å². The van der Waals surface area contributed by atoms with E-state index in [0.29, 0.717) is 19.3 Å². The van der Waals surface area contributed by atoms with Gasteiger partial charge in [-0.1, -0.05) is 173 Å². The number of allylic oxidation sites excluding steroid dienone is 4. The molecule has 0 aliphatic heterocycles. The van der Waals surface area contributed by atoms with Crippen LogP contribution in [-0.2, 0) is 14.3 Å². The molecule has 0 spiro atoms. The summed E-state index contributed by atoms with van der Waals surface area (Å²) in [4.78, 5) is 25.9. The van der Waals surface area contributed by atoms with Gasteiger partial charge in [0, 0.05) is 6.42 Å². The Morgan fingerprint density at radius 2 is 0.942 bits per heavy atom. The molecular weight excluding hydrogens is 647 g/mol. The van der Waals surface area contributed by atoms with Gasteiger partial charge in [0.2, 0.25) is 5.91 Å². The third-order valence-electron chi connectivity index (χ3n) is 10.3. The molecule has 0 fully saturated rings. The summed E-state index contributed by atoms with van der Waals surface area (Å²) < 4.78 is 5.87. The Morgan fingerprint density at radius 1 is 0.538 bits per heavy atom. The van der Waals surface area contributed by atoms with Crippen molar-refractivity contribution in [2.24, 2.45) is 0 Å². The monoisotopic (exact) mass is 734 g/mol. The van der Waals surface area contributed by atoms with Gasteiger partial charge in [-0.2, -0.15) is 0 Å². The Balaban J connectivity index is 4.63. The molecule has 3 unspecified atom stereocenters. The molecule has 0 aliphatic carbocycles.